The molecule has 0 bridgehead atoms. The highest BCUT2D eigenvalue weighted by Gasteiger charge is 2.32. The van der Waals surface area contributed by atoms with Crippen molar-refractivity contribution >= 4 is 29.8 Å². The highest BCUT2D eigenvalue weighted by atomic mass is 32.2. The van der Waals surface area contributed by atoms with Crippen molar-refractivity contribution in [2.75, 3.05) is 11.5 Å². The Bertz CT molecular complexity index is 108. The Labute approximate surface area is 64.0 Å². The second-order valence-corrected chi connectivity index (χ2v) is 5.09. The van der Waals surface area contributed by atoms with Crippen molar-refractivity contribution in [3.8, 4) is 0 Å². The maximum atomic E-state index is 10.5. The van der Waals surface area contributed by atoms with E-state index in [1.807, 2.05) is 0 Å². The van der Waals surface area contributed by atoms with Gasteiger partial charge in [-0.1, -0.05) is 6.92 Å². The van der Waals surface area contributed by atoms with Gasteiger partial charge in [0.15, 0.2) is 0 Å². The molecule has 1 aliphatic rings. The summed E-state index contributed by atoms with van der Waals surface area (Å²) >= 11 is 3.57. The molecule has 0 spiro atoms. The summed E-state index contributed by atoms with van der Waals surface area (Å²) in [5.74, 6) is 2.27. The molecule has 0 aromatic heterocycles. The minimum Gasteiger partial charge on any atom is -0.301 e. The molecule has 0 aliphatic carbocycles. The van der Waals surface area contributed by atoms with Crippen molar-refractivity contribution < 1.29 is 4.79 Å². The molecule has 0 unspecified atom stereocenters. The number of carbonyl (C=O) groups is 1. The quantitative estimate of drug-likeness (QED) is 0.576. The molecule has 3 heteroatoms. The Morgan fingerprint density at radius 2 is 2.11 bits per heavy atom. The summed E-state index contributed by atoms with van der Waals surface area (Å²) in [5.41, 5.74) is 0. The summed E-state index contributed by atoms with van der Waals surface area (Å²) in [6.07, 6.45) is 2.06. The summed E-state index contributed by atoms with van der Waals surface area (Å²) in [6.45, 7) is 2.07. The second-order valence-electron chi connectivity index (χ2n) is 1.98. The normalized spacial score (nSPS) is 24.1. The molecule has 0 amide bonds. The van der Waals surface area contributed by atoms with E-state index in [-0.39, 0.29) is 4.08 Å². The Balaban J connectivity index is 2.55. The van der Waals surface area contributed by atoms with Crippen LogP contribution in [0.25, 0.3) is 0 Å². The van der Waals surface area contributed by atoms with Crippen LogP contribution in [0.3, 0.4) is 0 Å². The van der Waals surface area contributed by atoms with E-state index >= 15 is 0 Å². The van der Waals surface area contributed by atoms with Crippen LogP contribution in [0.4, 0.5) is 0 Å². The van der Waals surface area contributed by atoms with E-state index < -0.39 is 0 Å². The third-order valence-corrected chi connectivity index (χ3v) is 4.98. The van der Waals surface area contributed by atoms with Gasteiger partial charge in [0.2, 0.25) is 0 Å². The molecule has 1 aliphatic heterocycles. The van der Waals surface area contributed by atoms with Gasteiger partial charge in [0, 0.05) is 11.5 Å². The van der Waals surface area contributed by atoms with Gasteiger partial charge >= 0.3 is 0 Å². The van der Waals surface area contributed by atoms with E-state index in [9.17, 15) is 4.79 Å². The average molecular weight is 162 g/mol. The predicted octanol–water partition coefficient (Wildman–Crippen LogP) is 1.77. The molecular weight excluding hydrogens is 152 g/mol. The lowest BCUT2D eigenvalue weighted by Crippen LogP contribution is -2.16. The number of hydrogen-bond acceptors (Lipinski definition) is 3. The van der Waals surface area contributed by atoms with Crippen LogP contribution in [-0.4, -0.2) is 21.9 Å². The van der Waals surface area contributed by atoms with Crippen LogP contribution in [0.5, 0.6) is 0 Å². The number of hydrogen-bond donors (Lipinski definition) is 0. The fourth-order valence-electron chi connectivity index (χ4n) is 0.826. The topological polar surface area (TPSA) is 17.1 Å². The molecule has 1 rings (SSSR count). The summed E-state index contributed by atoms with van der Waals surface area (Å²) in [7, 11) is 0. The number of thioether (sulfide) groups is 2. The SMILES string of the molecule is CCC1(C=O)SCCS1. The van der Waals surface area contributed by atoms with Gasteiger partial charge in [-0.15, -0.1) is 23.5 Å². The van der Waals surface area contributed by atoms with E-state index in [0.29, 0.717) is 0 Å². The smallest absolute Gasteiger partial charge is 0.146 e. The molecule has 0 radical (unpaired) electrons. The maximum absolute atomic E-state index is 10.5. The van der Waals surface area contributed by atoms with Gasteiger partial charge in [-0.25, -0.2) is 0 Å². The van der Waals surface area contributed by atoms with Gasteiger partial charge in [-0.3, -0.25) is 0 Å². The van der Waals surface area contributed by atoms with Crippen LogP contribution < -0.4 is 0 Å². The molecule has 1 saturated heterocycles. The predicted molar refractivity (Wildman–Crippen MR) is 44.0 cm³/mol. The first-order chi connectivity index (χ1) is 4.33. The van der Waals surface area contributed by atoms with Gasteiger partial charge in [0.05, 0.1) is 0 Å². The lowest BCUT2D eigenvalue weighted by molar-refractivity contribution is -0.108. The minimum absolute atomic E-state index is 0.0694. The zero-order valence-electron chi connectivity index (χ0n) is 5.42. The Hall–Kier alpha value is 0.370. The Morgan fingerprint density at radius 1 is 1.56 bits per heavy atom. The zero-order chi connectivity index (χ0) is 6.74. The van der Waals surface area contributed by atoms with Crippen LogP contribution in [0, 0.1) is 0 Å². The maximum Gasteiger partial charge on any atom is 0.146 e. The third kappa shape index (κ3) is 1.44. The fourth-order valence-corrected chi connectivity index (χ4v) is 3.56. The van der Waals surface area contributed by atoms with Crippen molar-refractivity contribution in [3.05, 3.63) is 0 Å². The van der Waals surface area contributed by atoms with E-state index in [4.69, 9.17) is 0 Å². The van der Waals surface area contributed by atoms with Gasteiger partial charge in [-0.05, 0) is 6.42 Å². The van der Waals surface area contributed by atoms with Gasteiger partial charge in [-0.2, -0.15) is 0 Å². The van der Waals surface area contributed by atoms with E-state index in [2.05, 4.69) is 6.92 Å². The van der Waals surface area contributed by atoms with E-state index in [1.54, 1.807) is 23.5 Å². The molecule has 1 heterocycles. The first kappa shape index (κ1) is 7.48. The Morgan fingerprint density at radius 3 is 2.33 bits per heavy atom. The highest BCUT2D eigenvalue weighted by Crippen LogP contribution is 2.44. The molecular formula is C6H10OS2. The van der Waals surface area contributed by atoms with Gasteiger partial charge < -0.3 is 4.79 Å². The van der Waals surface area contributed by atoms with Crippen LogP contribution in [-0.2, 0) is 4.79 Å². The minimum atomic E-state index is -0.0694. The monoisotopic (exact) mass is 162 g/mol. The zero-order valence-corrected chi connectivity index (χ0v) is 7.06. The summed E-state index contributed by atoms with van der Waals surface area (Å²) in [4.78, 5) is 10.5. The first-order valence-corrected chi connectivity index (χ1v) is 5.04. The second kappa shape index (κ2) is 2.97. The largest absolute Gasteiger partial charge is 0.301 e. The molecule has 0 atom stereocenters. The van der Waals surface area contributed by atoms with Crippen LogP contribution in [0.15, 0.2) is 0 Å². The first-order valence-electron chi connectivity index (χ1n) is 3.07. The third-order valence-electron chi connectivity index (χ3n) is 1.45. The molecule has 0 aromatic rings. The average Bonchev–Trinajstić information content (AvgIpc) is 2.36. The van der Waals surface area contributed by atoms with Crippen LogP contribution >= 0.6 is 23.5 Å². The van der Waals surface area contributed by atoms with Gasteiger partial charge in [0.25, 0.3) is 0 Å². The molecule has 1 nitrogen and oxygen atoms in total. The van der Waals surface area contributed by atoms with Crippen molar-refractivity contribution in [2.45, 2.75) is 17.4 Å². The molecule has 52 valence electrons. The fraction of sp³-hybridized carbons (Fsp3) is 0.833. The summed E-state index contributed by atoms with van der Waals surface area (Å²) in [5, 5.41) is 0. The van der Waals surface area contributed by atoms with Crippen molar-refractivity contribution in [3.63, 3.8) is 0 Å². The van der Waals surface area contributed by atoms with Gasteiger partial charge in [0.1, 0.15) is 10.4 Å². The molecule has 1 fully saturated rings. The van der Waals surface area contributed by atoms with Crippen molar-refractivity contribution in [1.82, 2.24) is 0 Å². The van der Waals surface area contributed by atoms with Crippen LogP contribution in [0.1, 0.15) is 13.3 Å². The summed E-state index contributed by atoms with van der Waals surface area (Å²) in [6, 6.07) is 0. The summed E-state index contributed by atoms with van der Waals surface area (Å²) < 4.78 is -0.0694. The lowest BCUT2D eigenvalue weighted by atomic mass is 10.3. The standard InChI is InChI=1S/C6H10OS2/c1-2-6(5-7)8-3-4-9-6/h5H,2-4H2,1H3. The van der Waals surface area contributed by atoms with E-state index in [1.165, 1.54) is 0 Å². The molecule has 0 saturated carbocycles. The number of carbonyl (C=O) groups excluding carboxylic acids is 1. The number of rotatable bonds is 2. The highest BCUT2D eigenvalue weighted by molar-refractivity contribution is 8.22. The van der Waals surface area contributed by atoms with E-state index in [0.717, 1.165) is 24.2 Å². The number of aldehydes is 1. The van der Waals surface area contributed by atoms with Crippen molar-refractivity contribution in [2.24, 2.45) is 0 Å². The van der Waals surface area contributed by atoms with Crippen molar-refractivity contribution in [1.29, 1.82) is 0 Å². The lowest BCUT2D eigenvalue weighted by Gasteiger charge is -2.15. The molecule has 0 aromatic carbocycles. The molecule has 9 heavy (non-hydrogen) atoms. The van der Waals surface area contributed by atoms with Crippen LogP contribution in [0.2, 0.25) is 0 Å². The Kier molecular flexibility index (Phi) is 2.47. The molecule has 0 N–H and O–H groups in total.